The number of aryl methyl sites for hydroxylation is 1. The number of hydrogen-bond acceptors (Lipinski definition) is 3. The Morgan fingerprint density at radius 2 is 2.36 bits per heavy atom. The summed E-state index contributed by atoms with van der Waals surface area (Å²) >= 11 is 0. The van der Waals surface area contributed by atoms with Gasteiger partial charge in [0.05, 0.1) is 12.5 Å². The van der Waals surface area contributed by atoms with Crippen molar-refractivity contribution in [2.24, 2.45) is 0 Å². The Labute approximate surface area is 82.0 Å². The highest BCUT2D eigenvalue weighted by Gasteiger charge is 2.08. The van der Waals surface area contributed by atoms with Crippen molar-refractivity contribution >= 4 is 0 Å². The normalized spacial score (nSPS) is 10.4. The zero-order valence-electron chi connectivity index (χ0n) is 7.90. The first kappa shape index (κ1) is 8.81. The molecule has 0 fully saturated rings. The highest BCUT2D eigenvalue weighted by molar-refractivity contribution is 5.57. The molecule has 2 aromatic heterocycles. The van der Waals surface area contributed by atoms with Gasteiger partial charge in [-0.3, -0.25) is 0 Å². The van der Waals surface area contributed by atoms with E-state index in [0.29, 0.717) is 0 Å². The fourth-order valence-electron chi connectivity index (χ4n) is 1.40. The Bertz CT molecular complexity index is 421. The minimum absolute atomic E-state index is 0.192. The van der Waals surface area contributed by atoms with Crippen molar-refractivity contribution in [2.75, 3.05) is 0 Å². The molecule has 2 heterocycles. The Morgan fingerprint density at radius 1 is 1.50 bits per heavy atom. The van der Waals surface area contributed by atoms with Gasteiger partial charge in [-0.05, 0) is 30.2 Å². The van der Waals surface area contributed by atoms with E-state index < -0.39 is 0 Å². The second-order valence-corrected chi connectivity index (χ2v) is 3.03. The second kappa shape index (κ2) is 3.54. The number of rotatable bonds is 2. The van der Waals surface area contributed by atoms with E-state index in [1.54, 1.807) is 12.3 Å². The van der Waals surface area contributed by atoms with E-state index in [9.17, 15) is 5.11 Å². The highest BCUT2D eigenvalue weighted by Crippen LogP contribution is 2.24. The van der Waals surface area contributed by atoms with Crippen molar-refractivity contribution in [3.8, 4) is 17.2 Å². The zero-order valence-corrected chi connectivity index (χ0v) is 7.90. The predicted molar refractivity (Wildman–Crippen MR) is 53.0 cm³/mol. The van der Waals surface area contributed by atoms with Crippen LogP contribution in [0.25, 0.3) is 11.5 Å². The van der Waals surface area contributed by atoms with E-state index in [4.69, 9.17) is 4.42 Å². The third-order valence-electron chi connectivity index (χ3n) is 2.09. The van der Waals surface area contributed by atoms with Crippen LogP contribution in [0.5, 0.6) is 5.75 Å². The van der Waals surface area contributed by atoms with E-state index in [-0.39, 0.29) is 5.75 Å². The van der Waals surface area contributed by atoms with Crippen LogP contribution < -0.4 is 0 Å². The van der Waals surface area contributed by atoms with Crippen LogP contribution >= 0.6 is 0 Å². The lowest BCUT2D eigenvalue weighted by atomic mass is 10.1. The minimum Gasteiger partial charge on any atom is -0.506 e. The summed E-state index contributed by atoms with van der Waals surface area (Å²) < 4.78 is 5.26. The summed E-state index contributed by atoms with van der Waals surface area (Å²) in [4.78, 5) is 4.15. The van der Waals surface area contributed by atoms with Crippen molar-refractivity contribution in [1.82, 2.24) is 4.98 Å². The summed E-state index contributed by atoms with van der Waals surface area (Å²) in [5.74, 6) is 0.930. The highest BCUT2D eigenvalue weighted by atomic mass is 16.3. The quantitative estimate of drug-likeness (QED) is 0.789. The van der Waals surface area contributed by atoms with Crippen LogP contribution in [0.4, 0.5) is 0 Å². The van der Waals surface area contributed by atoms with Gasteiger partial charge < -0.3 is 9.52 Å². The second-order valence-electron chi connectivity index (χ2n) is 3.03. The van der Waals surface area contributed by atoms with Crippen LogP contribution in [-0.2, 0) is 6.42 Å². The van der Waals surface area contributed by atoms with Gasteiger partial charge in [-0.2, -0.15) is 0 Å². The molecule has 0 aromatic carbocycles. The summed E-state index contributed by atoms with van der Waals surface area (Å²) in [6, 6.07) is 5.40. The van der Waals surface area contributed by atoms with Crippen molar-refractivity contribution < 1.29 is 9.52 Å². The molecule has 0 amide bonds. The first-order valence-corrected chi connectivity index (χ1v) is 4.53. The first-order chi connectivity index (χ1) is 6.81. The van der Waals surface area contributed by atoms with Crippen molar-refractivity contribution in [1.29, 1.82) is 0 Å². The zero-order chi connectivity index (χ0) is 9.97. The van der Waals surface area contributed by atoms with Gasteiger partial charge in [-0.25, -0.2) is 4.98 Å². The van der Waals surface area contributed by atoms with Crippen LogP contribution in [0.2, 0.25) is 0 Å². The molecule has 0 atom stereocenters. The molecule has 0 bridgehead atoms. The van der Waals surface area contributed by atoms with Crippen molar-refractivity contribution in [3.63, 3.8) is 0 Å². The molecule has 1 N–H and O–H groups in total. The number of hydrogen-bond donors (Lipinski definition) is 1. The Morgan fingerprint density at radius 3 is 3.00 bits per heavy atom. The van der Waals surface area contributed by atoms with Gasteiger partial charge in [0.2, 0.25) is 0 Å². The number of furan rings is 1. The molecule has 0 aliphatic rings. The van der Waals surface area contributed by atoms with E-state index in [1.807, 2.05) is 19.1 Å². The van der Waals surface area contributed by atoms with Gasteiger partial charge in [-0.15, -0.1) is 0 Å². The number of pyridine rings is 1. The molecule has 3 nitrogen and oxygen atoms in total. The smallest absolute Gasteiger partial charge is 0.152 e. The maximum Gasteiger partial charge on any atom is 0.152 e. The van der Waals surface area contributed by atoms with Crippen LogP contribution in [0.15, 0.2) is 35.1 Å². The molecule has 0 saturated heterocycles. The van der Waals surface area contributed by atoms with Crippen molar-refractivity contribution in [2.45, 2.75) is 13.3 Å². The predicted octanol–water partition coefficient (Wildman–Crippen LogP) is 2.61. The third kappa shape index (κ3) is 1.48. The topological polar surface area (TPSA) is 46.3 Å². The number of aromatic hydroxyl groups is 1. The largest absolute Gasteiger partial charge is 0.506 e. The maximum atomic E-state index is 9.27. The molecule has 0 radical (unpaired) electrons. The molecule has 0 unspecified atom stereocenters. The lowest BCUT2D eigenvalue weighted by Crippen LogP contribution is -1.89. The minimum atomic E-state index is 0.192. The molecule has 72 valence electrons. The van der Waals surface area contributed by atoms with Crippen LogP contribution in [0, 0.1) is 0 Å². The molecular formula is C11H11NO2. The van der Waals surface area contributed by atoms with Gasteiger partial charge >= 0.3 is 0 Å². The Hall–Kier alpha value is -1.77. The Kier molecular flexibility index (Phi) is 2.23. The standard InChI is InChI=1S/C11H11NO2/c1-2-8-6-9(13)7-12-11(8)10-4-3-5-14-10/h3-7,13H,2H2,1H3. The summed E-state index contributed by atoms with van der Waals surface area (Å²) in [5.41, 5.74) is 1.79. The van der Waals surface area contributed by atoms with E-state index in [2.05, 4.69) is 4.98 Å². The summed E-state index contributed by atoms with van der Waals surface area (Å²) in [5, 5.41) is 9.27. The van der Waals surface area contributed by atoms with Crippen molar-refractivity contribution in [3.05, 3.63) is 36.2 Å². The fourth-order valence-corrected chi connectivity index (χ4v) is 1.40. The molecule has 2 aromatic rings. The van der Waals surface area contributed by atoms with Gasteiger partial charge in [0.15, 0.2) is 5.76 Å². The van der Waals surface area contributed by atoms with Gasteiger partial charge in [0.1, 0.15) is 11.4 Å². The lowest BCUT2D eigenvalue weighted by molar-refractivity contribution is 0.471. The maximum absolute atomic E-state index is 9.27. The Balaban J connectivity index is 2.53. The third-order valence-corrected chi connectivity index (χ3v) is 2.09. The average Bonchev–Trinajstić information content (AvgIpc) is 2.70. The van der Waals surface area contributed by atoms with Gasteiger partial charge in [0.25, 0.3) is 0 Å². The van der Waals surface area contributed by atoms with Gasteiger partial charge in [-0.1, -0.05) is 6.92 Å². The molecule has 0 spiro atoms. The molecule has 14 heavy (non-hydrogen) atoms. The molecule has 0 saturated carbocycles. The molecule has 0 aliphatic heterocycles. The summed E-state index contributed by atoms with van der Waals surface area (Å²) in [6.07, 6.45) is 3.86. The lowest BCUT2D eigenvalue weighted by Gasteiger charge is -2.03. The van der Waals surface area contributed by atoms with E-state index in [0.717, 1.165) is 23.4 Å². The fraction of sp³-hybridized carbons (Fsp3) is 0.182. The molecule has 3 heteroatoms. The monoisotopic (exact) mass is 189 g/mol. The van der Waals surface area contributed by atoms with Crippen LogP contribution in [0.3, 0.4) is 0 Å². The van der Waals surface area contributed by atoms with E-state index >= 15 is 0 Å². The SMILES string of the molecule is CCc1cc(O)cnc1-c1ccco1. The molecular weight excluding hydrogens is 178 g/mol. The number of aromatic nitrogens is 1. The average molecular weight is 189 g/mol. The number of nitrogens with zero attached hydrogens (tertiary/aromatic N) is 1. The summed E-state index contributed by atoms with van der Waals surface area (Å²) in [7, 11) is 0. The first-order valence-electron chi connectivity index (χ1n) is 4.53. The van der Waals surface area contributed by atoms with E-state index in [1.165, 1.54) is 6.20 Å². The van der Waals surface area contributed by atoms with Gasteiger partial charge in [0, 0.05) is 0 Å². The van der Waals surface area contributed by atoms with Crippen LogP contribution in [-0.4, -0.2) is 10.1 Å². The van der Waals surface area contributed by atoms with Crippen LogP contribution in [0.1, 0.15) is 12.5 Å². The summed E-state index contributed by atoms with van der Waals surface area (Å²) in [6.45, 7) is 2.02. The molecule has 0 aliphatic carbocycles. The molecule has 2 rings (SSSR count).